The summed E-state index contributed by atoms with van der Waals surface area (Å²) in [5.41, 5.74) is 5.34. The van der Waals surface area contributed by atoms with E-state index in [0.717, 1.165) is 27.5 Å². The Bertz CT molecular complexity index is 754. The maximum atomic E-state index is 5.54. The van der Waals surface area contributed by atoms with E-state index in [-0.39, 0.29) is 0 Å². The van der Waals surface area contributed by atoms with Crippen molar-refractivity contribution in [2.24, 2.45) is 5.84 Å². The summed E-state index contributed by atoms with van der Waals surface area (Å²) in [6.45, 7) is 2.14. The molecule has 3 rings (SSSR count). The summed E-state index contributed by atoms with van der Waals surface area (Å²) in [7, 11) is 0. The van der Waals surface area contributed by atoms with Crippen LogP contribution in [0.5, 0.6) is 0 Å². The van der Waals surface area contributed by atoms with Gasteiger partial charge in [-0.3, -0.25) is 0 Å². The third-order valence-corrected chi connectivity index (χ3v) is 5.04. The van der Waals surface area contributed by atoms with E-state index >= 15 is 0 Å². The molecule has 3 N–H and O–H groups in total. The lowest BCUT2D eigenvalue weighted by molar-refractivity contribution is 1.06. The molecular weight excluding hydrogens is 300 g/mol. The molecule has 0 saturated heterocycles. The Morgan fingerprint density at radius 1 is 1.19 bits per heavy atom. The van der Waals surface area contributed by atoms with Gasteiger partial charge in [-0.25, -0.2) is 15.8 Å². The highest BCUT2D eigenvalue weighted by molar-refractivity contribution is 7.97. The predicted molar refractivity (Wildman–Crippen MR) is 91.4 cm³/mol. The van der Waals surface area contributed by atoms with Gasteiger partial charge >= 0.3 is 0 Å². The molecule has 0 saturated carbocycles. The minimum absolute atomic E-state index is 0.702. The first-order chi connectivity index (χ1) is 10.3. The molecule has 0 fully saturated rings. The lowest BCUT2D eigenvalue weighted by atomic mass is 10.1. The molecule has 3 aromatic rings. The number of hydrazine groups is 1. The molecule has 2 aromatic heterocycles. The van der Waals surface area contributed by atoms with Gasteiger partial charge in [-0.1, -0.05) is 24.3 Å². The number of thioether (sulfide) groups is 1. The normalized spacial score (nSPS) is 11.0. The van der Waals surface area contributed by atoms with Gasteiger partial charge in [-0.2, -0.15) is 0 Å². The third kappa shape index (κ3) is 3.18. The van der Waals surface area contributed by atoms with Crippen LogP contribution < -0.4 is 11.3 Å². The third-order valence-electron chi connectivity index (χ3n) is 3.26. The smallest absolute Gasteiger partial charge is 0.152 e. The zero-order valence-corrected chi connectivity index (χ0v) is 13.3. The summed E-state index contributed by atoms with van der Waals surface area (Å²) < 4.78 is 0. The van der Waals surface area contributed by atoms with Crippen LogP contribution in [0.2, 0.25) is 0 Å². The first kappa shape index (κ1) is 14.3. The number of aryl methyl sites for hydroxylation is 1. The Morgan fingerprint density at radius 3 is 2.86 bits per heavy atom. The van der Waals surface area contributed by atoms with Gasteiger partial charge in [0, 0.05) is 5.75 Å². The Hall–Kier alpha value is -1.63. The molecular formula is C15H16N4S2. The molecule has 0 unspecified atom stereocenters. The van der Waals surface area contributed by atoms with E-state index in [1.807, 2.05) is 23.2 Å². The van der Waals surface area contributed by atoms with Crippen molar-refractivity contribution < 1.29 is 0 Å². The van der Waals surface area contributed by atoms with Crippen molar-refractivity contribution in [2.75, 3.05) is 5.43 Å². The molecule has 0 aliphatic rings. The average molecular weight is 316 g/mol. The molecule has 0 atom stereocenters. The number of fused-ring (bicyclic) bond motifs is 1. The summed E-state index contributed by atoms with van der Waals surface area (Å²) in [6, 6.07) is 10.4. The molecule has 2 heterocycles. The number of benzene rings is 1. The minimum Gasteiger partial charge on any atom is -0.308 e. The fourth-order valence-corrected chi connectivity index (χ4v) is 3.84. The van der Waals surface area contributed by atoms with E-state index < -0.39 is 0 Å². The molecule has 1 aromatic carbocycles. The highest BCUT2D eigenvalue weighted by Crippen LogP contribution is 2.26. The standard InChI is InChI=1S/C15H16N4S2/c1-10-4-2-3-5-11(10)8-20-9-13-17-14(19-16)12-6-7-21-15(12)18-13/h2-7H,8-9,16H2,1H3,(H,17,18,19). The van der Waals surface area contributed by atoms with Crippen molar-refractivity contribution in [3.05, 3.63) is 52.7 Å². The Labute approximate surface area is 131 Å². The van der Waals surface area contributed by atoms with Crippen LogP contribution in [0.25, 0.3) is 10.2 Å². The van der Waals surface area contributed by atoms with E-state index in [0.29, 0.717) is 5.82 Å². The maximum Gasteiger partial charge on any atom is 0.152 e. The average Bonchev–Trinajstić information content (AvgIpc) is 2.97. The number of nitrogens with two attached hydrogens (primary N) is 1. The molecule has 6 heteroatoms. The molecule has 0 bridgehead atoms. The second kappa shape index (κ2) is 6.43. The Balaban J connectivity index is 1.72. The van der Waals surface area contributed by atoms with E-state index in [4.69, 9.17) is 5.84 Å². The number of aromatic nitrogens is 2. The molecule has 108 valence electrons. The van der Waals surface area contributed by atoms with Crippen LogP contribution in [-0.2, 0) is 11.5 Å². The second-order valence-corrected chi connectivity index (χ2v) is 6.57. The van der Waals surface area contributed by atoms with Crippen LogP contribution in [0.1, 0.15) is 17.0 Å². The lowest BCUT2D eigenvalue weighted by Gasteiger charge is -2.07. The SMILES string of the molecule is Cc1ccccc1CSCc1nc(NN)c2ccsc2n1. The van der Waals surface area contributed by atoms with Crippen molar-refractivity contribution in [3.63, 3.8) is 0 Å². The van der Waals surface area contributed by atoms with Gasteiger partial charge in [0.2, 0.25) is 0 Å². The summed E-state index contributed by atoms with van der Waals surface area (Å²) in [5, 5.41) is 2.99. The highest BCUT2D eigenvalue weighted by Gasteiger charge is 2.08. The van der Waals surface area contributed by atoms with Crippen LogP contribution in [-0.4, -0.2) is 9.97 Å². The monoisotopic (exact) mass is 316 g/mol. The van der Waals surface area contributed by atoms with Gasteiger partial charge in [0.1, 0.15) is 10.7 Å². The van der Waals surface area contributed by atoms with Gasteiger partial charge in [-0.05, 0) is 29.5 Å². The predicted octanol–water partition coefficient (Wildman–Crippen LogP) is 3.72. The second-order valence-electron chi connectivity index (χ2n) is 4.69. The first-order valence-corrected chi connectivity index (χ1v) is 8.64. The molecule has 0 aliphatic carbocycles. The molecule has 21 heavy (non-hydrogen) atoms. The minimum atomic E-state index is 0.702. The first-order valence-electron chi connectivity index (χ1n) is 6.61. The quantitative estimate of drug-likeness (QED) is 0.555. The van der Waals surface area contributed by atoms with Crippen LogP contribution in [0.4, 0.5) is 5.82 Å². The van der Waals surface area contributed by atoms with Crippen molar-refractivity contribution >= 4 is 39.1 Å². The number of hydrogen-bond acceptors (Lipinski definition) is 6. The molecule has 4 nitrogen and oxygen atoms in total. The fourth-order valence-electron chi connectivity index (χ4n) is 2.10. The van der Waals surface area contributed by atoms with Crippen molar-refractivity contribution in [1.29, 1.82) is 0 Å². The molecule has 0 amide bonds. The van der Waals surface area contributed by atoms with Crippen molar-refractivity contribution in [1.82, 2.24) is 9.97 Å². The Morgan fingerprint density at radius 2 is 2.05 bits per heavy atom. The number of nitrogens with zero attached hydrogens (tertiary/aromatic N) is 2. The summed E-state index contributed by atoms with van der Waals surface area (Å²) in [5.74, 6) is 8.80. The lowest BCUT2D eigenvalue weighted by Crippen LogP contribution is -2.10. The van der Waals surface area contributed by atoms with E-state index in [1.165, 1.54) is 11.1 Å². The van der Waals surface area contributed by atoms with Crippen molar-refractivity contribution in [3.8, 4) is 0 Å². The van der Waals surface area contributed by atoms with Crippen molar-refractivity contribution in [2.45, 2.75) is 18.4 Å². The topological polar surface area (TPSA) is 63.8 Å². The van der Waals surface area contributed by atoms with Gasteiger partial charge in [0.25, 0.3) is 0 Å². The number of hydrogen-bond donors (Lipinski definition) is 2. The summed E-state index contributed by atoms with van der Waals surface area (Å²) in [4.78, 5) is 10.0. The van der Waals surface area contributed by atoms with E-state index in [1.54, 1.807) is 11.3 Å². The van der Waals surface area contributed by atoms with Gasteiger partial charge < -0.3 is 5.43 Å². The Kier molecular flexibility index (Phi) is 4.38. The zero-order chi connectivity index (χ0) is 14.7. The molecule has 0 aliphatic heterocycles. The fraction of sp³-hybridized carbons (Fsp3) is 0.200. The van der Waals surface area contributed by atoms with Crippen LogP contribution in [0, 0.1) is 6.92 Å². The summed E-state index contributed by atoms with van der Waals surface area (Å²) >= 11 is 3.42. The number of anilines is 1. The molecule has 0 spiro atoms. The van der Waals surface area contributed by atoms with E-state index in [2.05, 4.69) is 46.6 Å². The maximum absolute atomic E-state index is 5.54. The van der Waals surface area contributed by atoms with Crippen LogP contribution >= 0.6 is 23.1 Å². The highest BCUT2D eigenvalue weighted by atomic mass is 32.2. The largest absolute Gasteiger partial charge is 0.308 e. The number of nitrogen functional groups attached to an aromatic ring is 1. The van der Waals surface area contributed by atoms with Gasteiger partial charge in [-0.15, -0.1) is 23.1 Å². The van der Waals surface area contributed by atoms with Crippen LogP contribution in [0.15, 0.2) is 35.7 Å². The zero-order valence-electron chi connectivity index (χ0n) is 11.7. The van der Waals surface area contributed by atoms with E-state index in [9.17, 15) is 0 Å². The summed E-state index contributed by atoms with van der Waals surface area (Å²) in [6.07, 6.45) is 0. The van der Waals surface area contributed by atoms with Gasteiger partial charge in [0.05, 0.1) is 11.1 Å². The number of rotatable bonds is 5. The number of thiophene rings is 1. The van der Waals surface area contributed by atoms with Gasteiger partial charge in [0.15, 0.2) is 5.82 Å². The molecule has 0 radical (unpaired) electrons. The number of nitrogens with one attached hydrogen (secondary N) is 1. The van der Waals surface area contributed by atoms with Crippen LogP contribution in [0.3, 0.4) is 0 Å².